The van der Waals surface area contributed by atoms with E-state index in [1.54, 1.807) is 19.1 Å². The molecule has 0 spiro atoms. The largest absolute Gasteiger partial charge is 0.484 e. The second-order valence-electron chi connectivity index (χ2n) is 6.67. The summed E-state index contributed by atoms with van der Waals surface area (Å²) in [5, 5.41) is 3.43. The van der Waals surface area contributed by atoms with Crippen LogP contribution in [0.25, 0.3) is 0 Å². The van der Waals surface area contributed by atoms with E-state index in [0.29, 0.717) is 17.3 Å². The fourth-order valence-corrected chi connectivity index (χ4v) is 2.96. The average molecular weight is 403 g/mol. The van der Waals surface area contributed by atoms with Crippen molar-refractivity contribution in [3.8, 4) is 5.75 Å². The summed E-state index contributed by atoms with van der Waals surface area (Å²) in [5.41, 5.74) is 1.80. The predicted octanol–water partition coefficient (Wildman–Crippen LogP) is 3.97. The van der Waals surface area contributed by atoms with E-state index in [-0.39, 0.29) is 25.0 Å². The van der Waals surface area contributed by atoms with Crippen molar-refractivity contribution in [1.82, 2.24) is 10.2 Å². The number of hydrogen-bond donors (Lipinski definition) is 1. The highest BCUT2D eigenvalue weighted by molar-refractivity contribution is 6.30. The lowest BCUT2D eigenvalue weighted by atomic mass is 10.1. The molecule has 0 radical (unpaired) electrons. The lowest BCUT2D eigenvalue weighted by molar-refractivity contribution is -0.142. The zero-order valence-corrected chi connectivity index (χ0v) is 17.3. The Labute approximate surface area is 171 Å². The molecule has 0 aliphatic carbocycles. The number of nitrogens with zero attached hydrogens (tertiary/aromatic N) is 1. The molecule has 6 heteroatoms. The monoisotopic (exact) mass is 402 g/mol. The van der Waals surface area contributed by atoms with Gasteiger partial charge in [0.1, 0.15) is 11.8 Å². The molecule has 0 saturated heterocycles. The summed E-state index contributed by atoms with van der Waals surface area (Å²) in [5.74, 6) is 0.206. The minimum absolute atomic E-state index is 0.142. The summed E-state index contributed by atoms with van der Waals surface area (Å²) >= 11 is 6.07. The van der Waals surface area contributed by atoms with Crippen molar-refractivity contribution in [2.75, 3.05) is 13.2 Å². The van der Waals surface area contributed by atoms with Gasteiger partial charge in [-0.3, -0.25) is 9.59 Å². The number of ether oxygens (including phenoxy) is 1. The van der Waals surface area contributed by atoms with Crippen LogP contribution in [0.4, 0.5) is 0 Å². The van der Waals surface area contributed by atoms with Gasteiger partial charge in [-0.1, -0.05) is 48.9 Å². The standard InChI is InChI=1S/C22H27ClN2O3/c1-4-12-24-22(27)17(3)25(14-18-9-7-10-19(23)13-18)21(26)15-28-20-11-6-5-8-16(20)2/h5-11,13,17H,4,12,14-15H2,1-3H3,(H,24,27). The van der Waals surface area contributed by atoms with Crippen LogP contribution in [0.15, 0.2) is 48.5 Å². The first-order chi connectivity index (χ1) is 13.4. The summed E-state index contributed by atoms with van der Waals surface area (Å²) in [6.07, 6.45) is 0.830. The minimum atomic E-state index is -0.626. The van der Waals surface area contributed by atoms with Crippen molar-refractivity contribution in [2.24, 2.45) is 0 Å². The maximum absolute atomic E-state index is 12.9. The van der Waals surface area contributed by atoms with Crippen LogP contribution in [0.5, 0.6) is 5.75 Å². The molecule has 0 bridgehead atoms. The summed E-state index contributed by atoms with van der Waals surface area (Å²) in [6, 6.07) is 14.2. The fourth-order valence-electron chi connectivity index (χ4n) is 2.75. The summed E-state index contributed by atoms with van der Waals surface area (Å²) in [4.78, 5) is 26.9. The Bertz CT molecular complexity index is 810. The first kappa shape index (κ1) is 21.8. The number of rotatable bonds is 9. The number of amides is 2. The second kappa shape index (κ2) is 10.7. The molecule has 2 rings (SSSR count). The molecule has 2 aromatic rings. The maximum atomic E-state index is 12.9. The molecule has 5 nitrogen and oxygen atoms in total. The molecule has 0 aromatic heterocycles. The lowest BCUT2D eigenvalue weighted by Gasteiger charge is -2.29. The Balaban J connectivity index is 2.14. The van der Waals surface area contributed by atoms with E-state index in [0.717, 1.165) is 17.5 Å². The molecule has 0 aliphatic rings. The van der Waals surface area contributed by atoms with E-state index in [1.165, 1.54) is 4.90 Å². The van der Waals surface area contributed by atoms with E-state index in [9.17, 15) is 9.59 Å². The number of aryl methyl sites for hydroxylation is 1. The van der Waals surface area contributed by atoms with E-state index in [2.05, 4.69) is 5.32 Å². The van der Waals surface area contributed by atoms with Crippen LogP contribution in [-0.4, -0.2) is 35.9 Å². The van der Waals surface area contributed by atoms with Gasteiger partial charge in [-0.05, 0) is 49.6 Å². The summed E-state index contributed by atoms with van der Waals surface area (Å²) in [6.45, 7) is 6.33. The number of hydrogen-bond acceptors (Lipinski definition) is 3. The van der Waals surface area contributed by atoms with Gasteiger partial charge in [-0.2, -0.15) is 0 Å². The first-order valence-electron chi connectivity index (χ1n) is 9.42. The number of benzene rings is 2. The highest BCUT2D eigenvalue weighted by Crippen LogP contribution is 2.18. The molecule has 2 aromatic carbocycles. The quantitative estimate of drug-likeness (QED) is 0.690. The third-order valence-corrected chi connectivity index (χ3v) is 4.64. The average Bonchev–Trinajstić information content (AvgIpc) is 2.69. The van der Waals surface area contributed by atoms with Crippen LogP contribution in [0.3, 0.4) is 0 Å². The Hall–Kier alpha value is -2.53. The molecule has 1 N–H and O–H groups in total. The van der Waals surface area contributed by atoms with E-state index in [4.69, 9.17) is 16.3 Å². The van der Waals surface area contributed by atoms with Crippen LogP contribution in [-0.2, 0) is 16.1 Å². The first-order valence-corrected chi connectivity index (χ1v) is 9.80. The van der Waals surface area contributed by atoms with Gasteiger partial charge >= 0.3 is 0 Å². The van der Waals surface area contributed by atoms with Crippen LogP contribution in [0, 0.1) is 6.92 Å². The highest BCUT2D eigenvalue weighted by Gasteiger charge is 2.26. The third-order valence-electron chi connectivity index (χ3n) is 4.40. The zero-order chi connectivity index (χ0) is 20.5. The molecular formula is C22H27ClN2O3. The topological polar surface area (TPSA) is 58.6 Å². The van der Waals surface area contributed by atoms with Gasteiger partial charge < -0.3 is 15.0 Å². The lowest BCUT2D eigenvalue weighted by Crippen LogP contribution is -2.49. The summed E-state index contributed by atoms with van der Waals surface area (Å²) < 4.78 is 5.70. The van der Waals surface area contributed by atoms with Crippen LogP contribution in [0.2, 0.25) is 5.02 Å². The number of carbonyl (C=O) groups is 2. The predicted molar refractivity (Wildman–Crippen MR) is 111 cm³/mol. The zero-order valence-electron chi connectivity index (χ0n) is 16.6. The van der Waals surface area contributed by atoms with Crippen molar-refractivity contribution >= 4 is 23.4 Å². The Morgan fingerprint density at radius 2 is 1.93 bits per heavy atom. The van der Waals surface area contributed by atoms with Crippen molar-refractivity contribution in [1.29, 1.82) is 0 Å². The van der Waals surface area contributed by atoms with Crippen molar-refractivity contribution in [3.05, 3.63) is 64.7 Å². The Morgan fingerprint density at radius 1 is 1.18 bits per heavy atom. The van der Waals surface area contributed by atoms with Gasteiger partial charge in [0.25, 0.3) is 5.91 Å². The van der Waals surface area contributed by atoms with E-state index >= 15 is 0 Å². The van der Waals surface area contributed by atoms with Crippen LogP contribution in [0.1, 0.15) is 31.4 Å². The van der Waals surface area contributed by atoms with Gasteiger partial charge in [0.15, 0.2) is 6.61 Å². The van der Waals surface area contributed by atoms with Gasteiger partial charge in [0.2, 0.25) is 5.91 Å². The molecule has 150 valence electrons. The van der Waals surface area contributed by atoms with Gasteiger partial charge in [0, 0.05) is 18.1 Å². The normalized spacial score (nSPS) is 11.6. The summed E-state index contributed by atoms with van der Waals surface area (Å²) in [7, 11) is 0. The van der Waals surface area contributed by atoms with Gasteiger partial charge in [0.05, 0.1) is 0 Å². The SMILES string of the molecule is CCCNC(=O)C(C)N(Cc1cccc(Cl)c1)C(=O)COc1ccccc1C. The molecule has 0 heterocycles. The third kappa shape index (κ3) is 6.27. The number of nitrogens with one attached hydrogen (secondary N) is 1. The van der Waals surface area contributed by atoms with Gasteiger partial charge in [-0.25, -0.2) is 0 Å². The van der Waals surface area contributed by atoms with Gasteiger partial charge in [-0.15, -0.1) is 0 Å². The Kier molecular flexibility index (Phi) is 8.33. The molecular weight excluding hydrogens is 376 g/mol. The van der Waals surface area contributed by atoms with Crippen molar-refractivity contribution < 1.29 is 14.3 Å². The highest BCUT2D eigenvalue weighted by atomic mass is 35.5. The smallest absolute Gasteiger partial charge is 0.261 e. The molecule has 0 fully saturated rings. The minimum Gasteiger partial charge on any atom is -0.484 e. The fraction of sp³-hybridized carbons (Fsp3) is 0.364. The molecule has 1 atom stereocenters. The number of carbonyl (C=O) groups excluding carboxylic acids is 2. The van der Waals surface area contributed by atoms with Crippen LogP contribution < -0.4 is 10.1 Å². The number of para-hydroxylation sites is 1. The molecule has 0 aliphatic heterocycles. The maximum Gasteiger partial charge on any atom is 0.261 e. The van der Waals surface area contributed by atoms with E-state index in [1.807, 2.05) is 50.2 Å². The molecule has 0 saturated carbocycles. The van der Waals surface area contributed by atoms with Crippen LogP contribution >= 0.6 is 11.6 Å². The molecule has 28 heavy (non-hydrogen) atoms. The number of halogens is 1. The van der Waals surface area contributed by atoms with E-state index < -0.39 is 6.04 Å². The Morgan fingerprint density at radius 3 is 2.61 bits per heavy atom. The molecule has 2 amide bonds. The molecule has 1 unspecified atom stereocenters. The van der Waals surface area contributed by atoms with Crippen molar-refractivity contribution in [3.63, 3.8) is 0 Å². The van der Waals surface area contributed by atoms with Crippen molar-refractivity contribution in [2.45, 2.75) is 39.8 Å². The second-order valence-corrected chi connectivity index (χ2v) is 7.11.